The quantitative estimate of drug-likeness (QED) is 0.833. The molecule has 1 aliphatic rings. The van der Waals surface area contributed by atoms with E-state index in [2.05, 4.69) is 4.90 Å². The van der Waals surface area contributed by atoms with Crippen molar-refractivity contribution in [1.29, 1.82) is 0 Å². The second-order valence-corrected chi connectivity index (χ2v) is 5.22. The van der Waals surface area contributed by atoms with E-state index in [-0.39, 0.29) is 10.8 Å². The Kier molecular flexibility index (Phi) is 4.53. The van der Waals surface area contributed by atoms with Gasteiger partial charge >= 0.3 is 0 Å². The lowest BCUT2D eigenvalue weighted by molar-refractivity contribution is 0.556. The van der Waals surface area contributed by atoms with Crippen LogP contribution >= 0.6 is 12.2 Å². The van der Waals surface area contributed by atoms with Crippen LogP contribution in [0.1, 0.15) is 37.7 Å². The molecular weight excluding hydrogens is 247 g/mol. The molecule has 98 valence electrons. The first-order valence-corrected chi connectivity index (χ1v) is 6.93. The highest BCUT2D eigenvalue weighted by Crippen LogP contribution is 2.24. The zero-order valence-corrected chi connectivity index (χ0v) is 11.3. The van der Waals surface area contributed by atoms with Gasteiger partial charge in [-0.2, -0.15) is 0 Å². The van der Waals surface area contributed by atoms with Crippen LogP contribution in [0.4, 0.5) is 10.1 Å². The molecule has 0 aliphatic carbocycles. The number of rotatable bonds is 2. The van der Waals surface area contributed by atoms with Crippen LogP contribution in [-0.4, -0.2) is 18.1 Å². The van der Waals surface area contributed by atoms with Gasteiger partial charge in [0, 0.05) is 24.3 Å². The van der Waals surface area contributed by atoms with Crippen molar-refractivity contribution in [1.82, 2.24) is 0 Å². The monoisotopic (exact) mass is 266 g/mol. The largest absolute Gasteiger partial charge is 0.389 e. The second kappa shape index (κ2) is 6.14. The van der Waals surface area contributed by atoms with E-state index in [0.717, 1.165) is 18.8 Å². The summed E-state index contributed by atoms with van der Waals surface area (Å²) in [5.74, 6) is -0.284. The van der Waals surface area contributed by atoms with Gasteiger partial charge in [-0.05, 0) is 31.0 Å². The Morgan fingerprint density at radius 1 is 1.11 bits per heavy atom. The van der Waals surface area contributed by atoms with E-state index in [1.54, 1.807) is 6.07 Å². The number of benzene rings is 1. The third kappa shape index (κ3) is 3.19. The van der Waals surface area contributed by atoms with Crippen LogP contribution in [0, 0.1) is 5.82 Å². The van der Waals surface area contributed by atoms with Crippen LogP contribution in [0.3, 0.4) is 0 Å². The molecule has 1 heterocycles. The van der Waals surface area contributed by atoms with Gasteiger partial charge < -0.3 is 10.6 Å². The fraction of sp³-hybridized carbons (Fsp3) is 0.500. The van der Waals surface area contributed by atoms with Crippen LogP contribution in [0.25, 0.3) is 0 Å². The van der Waals surface area contributed by atoms with E-state index in [1.807, 2.05) is 0 Å². The van der Waals surface area contributed by atoms with Crippen LogP contribution in [0.2, 0.25) is 0 Å². The fourth-order valence-electron chi connectivity index (χ4n) is 2.47. The molecule has 1 fully saturated rings. The van der Waals surface area contributed by atoms with Crippen molar-refractivity contribution in [3.63, 3.8) is 0 Å². The van der Waals surface area contributed by atoms with E-state index in [9.17, 15) is 4.39 Å². The Morgan fingerprint density at radius 2 is 1.72 bits per heavy atom. The van der Waals surface area contributed by atoms with Crippen molar-refractivity contribution >= 4 is 22.9 Å². The maximum absolute atomic E-state index is 13.3. The number of nitrogens with two attached hydrogens (primary N) is 1. The lowest BCUT2D eigenvalue weighted by Crippen LogP contribution is -2.29. The highest BCUT2D eigenvalue weighted by Gasteiger charge is 2.14. The molecule has 0 amide bonds. The zero-order chi connectivity index (χ0) is 13.0. The van der Waals surface area contributed by atoms with E-state index < -0.39 is 0 Å². The average Bonchev–Trinajstić information content (AvgIpc) is 2.29. The minimum absolute atomic E-state index is 0.270. The Balaban J connectivity index is 2.27. The summed E-state index contributed by atoms with van der Waals surface area (Å²) in [5.41, 5.74) is 7.33. The third-order valence-electron chi connectivity index (χ3n) is 3.42. The first kappa shape index (κ1) is 13.3. The van der Waals surface area contributed by atoms with Gasteiger partial charge in [-0.3, -0.25) is 0 Å². The van der Waals surface area contributed by atoms with Crippen LogP contribution in [0.15, 0.2) is 18.2 Å². The lowest BCUT2D eigenvalue weighted by atomic mass is 10.1. The topological polar surface area (TPSA) is 29.3 Å². The van der Waals surface area contributed by atoms with Gasteiger partial charge in [0.25, 0.3) is 0 Å². The van der Waals surface area contributed by atoms with Crippen LogP contribution in [-0.2, 0) is 0 Å². The van der Waals surface area contributed by atoms with Gasteiger partial charge in [0.2, 0.25) is 0 Å². The molecule has 18 heavy (non-hydrogen) atoms. The van der Waals surface area contributed by atoms with E-state index in [0.29, 0.717) is 5.56 Å². The van der Waals surface area contributed by atoms with Crippen molar-refractivity contribution in [2.45, 2.75) is 32.1 Å². The number of hydrogen-bond acceptors (Lipinski definition) is 2. The third-order valence-corrected chi connectivity index (χ3v) is 3.64. The van der Waals surface area contributed by atoms with Gasteiger partial charge in [-0.15, -0.1) is 0 Å². The second-order valence-electron chi connectivity index (χ2n) is 4.78. The molecule has 0 spiro atoms. The average molecular weight is 266 g/mol. The lowest BCUT2D eigenvalue weighted by Gasteiger charge is -2.28. The van der Waals surface area contributed by atoms with Gasteiger partial charge in [-0.25, -0.2) is 4.39 Å². The fourth-order valence-corrected chi connectivity index (χ4v) is 2.63. The summed E-state index contributed by atoms with van der Waals surface area (Å²) in [6.45, 7) is 2.00. The molecule has 2 N–H and O–H groups in total. The molecule has 0 atom stereocenters. The highest BCUT2D eigenvalue weighted by molar-refractivity contribution is 7.80. The Morgan fingerprint density at radius 3 is 2.33 bits per heavy atom. The van der Waals surface area contributed by atoms with Crippen LogP contribution in [0.5, 0.6) is 0 Å². The minimum atomic E-state index is -0.284. The molecule has 0 saturated carbocycles. The molecule has 0 unspecified atom stereocenters. The summed E-state index contributed by atoms with van der Waals surface area (Å²) in [6, 6.07) is 4.72. The first-order valence-electron chi connectivity index (χ1n) is 6.53. The zero-order valence-electron chi connectivity index (χ0n) is 10.5. The van der Waals surface area contributed by atoms with Crippen molar-refractivity contribution in [2.24, 2.45) is 5.73 Å². The molecule has 4 heteroatoms. The predicted octanol–water partition coefficient (Wildman–Crippen LogP) is 3.23. The molecule has 1 aromatic carbocycles. The Hall–Kier alpha value is -1.16. The summed E-state index contributed by atoms with van der Waals surface area (Å²) in [7, 11) is 0. The molecule has 2 rings (SSSR count). The molecular formula is C14H19FN2S. The Bertz CT molecular complexity index is 426. The number of nitrogens with zero attached hydrogens (tertiary/aromatic N) is 1. The smallest absolute Gasteiger partial charge is 0.124 e. The SMILES string of the molecule is NC(=S)c1cc(F)ccc1N1CCCCCCC1. The Labute approximate surface area is 113 Å². The van der Waals surface area contributed by atoms with Gasteiger partial charge in [-0.1, -0.05) is 31.5 Å². The molecule has 0 radical (unpaired) electrons. The standard InChI is InChI=1S/C14H19FN2S/c15-11-6-7-13(12(10-11)14(16)18)17-8-4-2-1-3-5-9-17/h6-7,10H,1-5,8-9H2,(H2,16,18). The summed E-state index contributed by atoms with van der Waals surface area (Å²) in [5, 5.41) is 0. The van der Waals surface area contributed by atoms with Crippen molar-refractivity contribution in [3.8, 4) is 0 Å². The van der Waals surface area contributed by atoms with Crippen molar-refractivity contribution in [3.05, 3.63) is 29.6 Å². The number of thiocarbonyl (C=S) groups is 1. The van der Waals surface area contributed by atoms with Crippen molar-refractivity contribution < 1.29 is 4.39 Å². The van der Waals surface area contributed by atoms with E-state index in [1.165, 1.54) is 44.2 Å². The normalized spacial score (nSPS) is 17.1. The molecule has 1 aliphatic heterocycles. The van der Waals surface area contributed by atoms with Gasteiger partial charge in [0.1, 0.15) is 10.8 Å². The maximum atomic E-state index is 13.3. The summed E-state index contributed by atoms with van der Waals surface area (Å²) < 4.78 is 13.3. The first-order chi connectivity index (χ1) is 8.68. The molecule has 1 aromatic rings. The molecule has 0 bridgehead atoms. The van der Waals surface area contributed by atoms with E-state index >= 15 is 0 Å². The molecule has 0 aromatic heterocycles. The highest BCUT2D eigenvalue weighted by atomic mass is 32.1. The summed E-state index contributed by atoms with van der Waals surface area (Å²) in [6.07, 6.45) is 6.20. The number of anilines is 1. The summed E-state index contributed by atoms with van der Waals surface area (Å²) in [4.78, 5) is 2.55. The maximum Gasteiger partial charge on any atom is 0.124 e. The molecule has 2 nitrogen and oxygen atoms in total. The minimum Gasteiger partial charge on any atom is -0.389 e. The molecule has 1 saturated heterocycles. The van der Waals surface area contributed by atoms with Crippen molar-refractivity contribution in [2.75, 3.05) is 18.0 Å². The van der Waals surface area contributed by atoms with Gasteiger partial charge in [0.05, 0.1) is 0 Å². The number of halogens is 1. The predicted molar refractivity (Wildman–Crippen MR) is 77.6 cm³/mol. The summed E-state index contributed by atoms with van der Waals surface area (Å²) >= 11 is 5.02. The van der Waals surface area contributed by atoms with Crippen LogP contribution < -0.4 is 10.6 Å². The number of hydrogen-bond donors (Lipinski definition) is 1. The van der Waals surface area contributed by atoms with Gasteiger partial charge in [0.15, 0.2) is 0 Å². The van der Waals surface area contributed by atoms with E-state index in [4.69, 9.17) is 18.0 Å².